The van der Waals surface area contributed by atoms with Crippen LogP contribution in [0.15, 0.2) is 45.3 Å². The van der Waals surface area contributed by atoms with Crippen molar-refractivity contribution in [2.24, 2.45) is 0 Å². The molecule has 0 saturated carbocycles. The number of aromatic nitrogens is 2. The summed E-state index contributed by atoms with van der Waals surface area (Å²) in [6, 6.07) is 11.3. The minimum absolute atomic E-state index is 0.315. The van der Waals surface area contributed by atoms with Crippen molar-refractivity contribution in [3.05, 3.63) is 58.7 Å². The second kappa shape index (κ2) is 6.39. The topological polar surface area (TPSA) is 78.4 Å². The van der Waals surface area contributed by atoms with Gasteiger partial charge in [-0.25, -0.2) is 4.79 Å². The van der Waals surface area contributed by atoms with Crippen LogP contribution in [0.4, 0.5) is 0 Å². The van der Waals surface area contributed by atoms with Crippen LogP contribution >= 0.6 is 0 Å². The van der Waals surface area contributed by atoms with Gasteiger partial charge in [-0.1, -0.05) is 23.4 Å². The lowest BCUT2D eigenvalue weighted by atomic mass is 10.0. The lowest BCUT2D eigenvalue weighted by molar-refractivity contribution is 0.0600. The number of nitrogens with zero attached hydrogens (tertiary/aromatic N) is 2. The minimum Gasteiger partial charge on any atom is -0.465 e. The Kier molecular flexibility index (Phi) is 4.03. The number of hydrogen-bond acceptors (Lipinski definition) is 6. The van der Waals surface area contributed by atoms with Gasteiger partial charge in [-0.05, 0) is 55.7 Å². The van der Waals surface area contributed by atoms with Crippen molar-refractivity contribution in [2.75, 3.05) is 7.11 Å². The molecule has 0 saturated heterocycles. The predicted molar refractivity (Wildman–Crippen MR) is 100 cm³/mol. The number of carbonyl (C=O) groups excluding carboxylic acids is 1. The van der Waals surface area contributed by atoms with E-state index in [0.717, 1.165) is 33.2 Å². The Bertz CT molecular complexity index is 1130. The molecule has 0 spiro atoms. The van der Waals surface area contributed by atoms with Crippen molar-refractivity contribution in [3.8, 4) is 23.0 Å². The molecule has 0 aliphatic carbocycles. The summed E-state index contributed by atoms with van der Waals surface area (Å²) < 4.78 is 16.1. The average molecular weight is 362 g/mol. The molecule has 27 heavy (non-hydrogen) atoms. The molecule has 4 aromatic rings. The first-order chi connectivity index (χ1) is 13.0. The molecule has 2 aromatic carbocycles. The summed E-state index contributed by atoms with van der Waals surface area (Å²) in [5, 5.41) is 5.08. The van der Waals surface area contributed by atoms with Gasteiger partial charge in [0, 0.05) is 10.9 Å². The van der Waals surface area contributed by atoms with Crippen LogP contribution in [0.25, 0.3) is 34.0 Å². The van der Waals surface area contributed by atoms with Crippen LogP contribution in [-0.2, 0) is 4.74 Å². The molecule has 2 heterocycles. The van der Waals surface area contributed by atoms with E-state index < -0.39 is 0 Å². The van der Waals surface area contributed by atoms with Crippen LogP contribution in [0.2, 0.25) is 0 Å². The van der Waals surface area contributed by atoms with Gasteiger partial charge in [-0.3, -0.25) is 0 Å². The van der Waals surface area contributed by atoms with E-state index in [1.54, 1.807) is 12.1 Å². The molecule has 0 bridgehead atoms. The molecule has 0 aliphatic heterocycles. The second-order valence-electron chi connectivity index (χ2n) is 6.50. The summed E-state index contributed by atoms with van der Waals surface area (Å²) in [5.74, 6) is 0.901. The molecule has 6 nitrogen and oxygen atoms in total. The van der Waals surface area contributed by atoms with E-state index in [4.69, 9.17) is 13.7 Å². The van der Waals surface area contributed by atoms with E-state index in [1.165, 1.54) is 7.11 Å². The van der Waals surface area contributed by atoms with Crippen LogP contribution in [-0.4, -0.2) is 23.2 Å². The van der Waals surface area contributed by atoms with Crippen LogP contribution in [0.5, 0.6) is 0 Å². The molecule has 0 unspecified atom stereocenters. The number of rotatable bonds is 3. The van der Waals surface area contributed by atoms with E-state index in [0.29, 0.717) is 23.0 Å². The Balaban J connectivity index is 1.72. The maximum absolute atomic E-state index is 11.7. The van der Waals surface area contributed by atoms with Gasteiger partial charge in [0.1, 0.15) is 5.58 Å². The zero-order chi connectivity index (χ0) is 19.1. The number of benzene rings is 2. The highest BCUT2D eigenvalue weighted by atomic mass is 16.5. The molecule has 136 valence electrons. The fraction of sp³-hybridized carbons (Fsp3) is 0.190. The normalized spacial score (nSPS) is 11.1. The lowest BCUT2D eigenvalue weighted by Gasteiger charge is -2.04. The molecular weight excluding hydrogens is 344 g/mol. The van der Waals surface area contributed by atoms with E-state index in [9.17, 15) is 4.79 Å². The van der Waals surface area contributed by atoms with Crippen LogP contribution in [0.1, 0.15) is 27.0 Å². The number of esters is 1. The Morgan fingerprint density at radius 2 is 1.78 bits per heavy atom. The zero-order valence-corrected chi connectivity index (χ0v) is 15.5. The Morgan fingerprint density at radius 3 is 2.48 bits per heavy atom. The molecule has 0 atom stereocenters. The van der Waals surface area contributed by atoms with E-state index in [-0.39, 0.29) is 5.97 Å². The molecule has 0 N–H and O–H groups in total. The van der Waals surface area contributed by atoms with Crippen molar-refractivity contribution < 1.29 is 18.5 Å². The first-order valence-electron chi connectivity index (χ1n) is 8.51. The van der Waals surface area contributed by atoms with Crippen molar-refractivity contribution in [1.29, 1.82) is 0 Å². The SMILES string of the molecule is COC(=O)c1ccc(-c2noc(-c3cc4c(C)ccc(C)c4o3)n2)cc1C. The first kappa shape index (κ1) is 17.0. The third-order valence-electron chi connectivity index (χ3n) is 4.63. The first-order valence-corrected chi connectivity index (χ1v) is 8.51. The molecule has 6 heteroatoms. The largest absolute Gasteiger partial charge is 0.465 e. The van der Waals surface area contributed by atoms with Gasteiger partial charge in [0.15, 0.2) is 5.76 Å². The van der Waals surface area contributed by atoms with E-state index in [2.05, 4.69) is 16.2 Å². The molecule has 0 aliphatic rings. The monoisotopic (exact) mass is 362 g/mol. The zero-order valence-electron chi connectivity index (χ0n) is 15.5. The quantitative estimate of drug-likeness (QED) is 0.484. The number of carbonyl (C=O) groups is 1. The molecule has 0 fully saturated rings. The summed E-state index contributed by atoms with van der Waals surface area (Å²) in [7, 11) is 1.36. The fourth-order valence-electron chi connectivity index (χ4n) is 3.08. The van der Waals surface area contributed by atoms with Crippen LogP contribution in [0, 0.1) is 20.8 Å². The van der Waals surface area contributed by atoms with Crippen molar-refractivity contribution >= 4 is 16.9 Å². The number of ether oxygens (including phenoxy) is 1. The molecule has 2 aromatic heterocycles. The number of hydrogen-bond donors (Lipinski definition) is 0. The van der Waals surface area contributed by atoms with Gasteiger partial charge >= 0.3 is 5.97 Å². The van der Waals surface area contributed by atoms with E-state index >= 15 is 0 Å². The summed E-state index contributed by atoms with van der Waals surface area (Å²) in [4.78, 5) is 16.2. The maximum atomic E-state index is 11.7. The maximum Gasteiger partial charge on any atom is 0.338 e. The fourth-order valence-corrected chi connectivity index (χ4v) is 3.08. The smallest absolute Gasteiger partial charge is 0.338 e. The van der Waals surface area contributed by atoms with Crippen molar-refractivity contribution in [1.82, 2.24) is 10.1 Å². The van der Waals surface area contributed by atoms with Gasteiger partial charge in [0.25, 0.3) is 5.89 Å². The van der Waals surface area contributed by atoms with Crippen LogP contribution in [0.3, 0.4) is 0 Å². The summed E-state index contributed by atoms with van der Waals surface area (Å²) in [6.45, 7) is 5.87. The average Bonchev–Trinajstić information content (AvgIpc) is 3.31. The standard InChI is InChI=1S/C21H18N2O4/c1-11-5-6-12(2)18-16(11)10-17(26-18)20-22-19(23-27-20)14-7-8-15(13(3)9-14)21(24)25-4/h5-10H,1-4H3. The number of fused-ring (bicyclic) bond motifs is 1. The minimum atomic E-state index is -0.374. The number of furan rings is 1. The summed E-state index contributed by atoms with van der Waals surface area (Å²) >= 11 is 0. The molecule has 4 rings (SSSR count). The second-order valence-corrected chi connectivity index (χ2v) is 6.50. The predicted octanol–water partition coefficient (Wildman–Crippen LogP) is 4.86. The highest BCUT2D eigenvalue weighted by molar-refractivity contribution is 5.91. The molecular formula is C21H18N2O4. The highest BCUT2D eigenvalue weighted by Gasteiger charge is 2.18. The van der Waals surface area contributed by atoms with Gasteiger partial charge in [0.2, 0.25) is 5.82 Å². The Labute approximate surface area is 155 Å². The molecule has 0 amide bonds. The third-order valence-corrected chi connectivity index (χ3v) is 4.63. The van der Waals surface area contributed by atoms with Crippen molar-refractivity contribution in [2.45, 2.75) is 20.8 Å². The third kappa shape index (κ3) is 2.89. The highest BCUT2D eigenvalue weighted by Crippen LogP contribution is 2.32. The summed E-state index contributed by atoms with van der Waals surface area (Å²) in [6.07, 6.45) is 0. The van der Waals surface area contributed by atoms with Gasteiger partial charge in [0.05, 0.1) is 12.7 Å². The Morgan fingerprint density at radius 1 is 1.00 bits per heavy atom. The van der Waals surface area contributed by atoms with Gasteiger partial charge in [-0.15, -0.1) is 0 Å². The number of methoxy groups -OCH3 is 1. The lowest BCUT2D eigenvalue weighted by Crippen LogP contribution is -2.03. The van der Waals surface area contributed by atoms with Gasteiger partial charge < -0.3 is 13.7 Å². The van der Waals surface area contributed by atoms with Gasteiger partial charge in [-0.2, -0.15) is 4.98 Å². The summed E-state index contributed by atoms with van der Waals surface area (Å²) in [5.41, 5.74) is 5.03. The van der Waals surface area contributed by atoms with Crippen molar-refractivity contribution in [3.63, 3.8) is 0 Å². The van der Waals surface area contributed by atoms with Crippen LogP contribution < -0.4 is 0 Å². The van der Waals surface area contributed by atoms with E-state index in [1.807, 2.05) is 39.0 Å². The molecule has 0 radical (unpaired) electrons. The number of aryl methyl sites for hydroxylation is 3. The Hall–Kier alpha value is -3.41.